The lowest BCUT2D eigenvalue weighted by atomic mass is 10.1. The van der Waals surface area contributed by atoms with Gasteiger partial charge in [-0.3, -0.25) is 4.79 Å². The van der Waals surface area contributed by atoms with Crippen molar-refractivity contribution in [2.45, 2.75) is 6.92 Å². The molecule has 0 fully saturated rings. The molecule has 0 heterocycles. The van der Waals surface area contributed by atoms with E-state index in [-0.39, 0.29) is 5.12 Å². The van der Waals surface area contributed by atoms with Gasteiger partial charge in [0, 0.05) is 12.5 Å². The first-order valence-electron chi connectivity index (χ1n) is 4.88. The Hall–Kier alpha value is -1.91. The second kappa shape index (κ2) is 6.62. The lowest BCUT2D eigenvalue weighted by Crippen LogP contribution is -1.91. The predicted octanol–water partition coefficient (Wildman–Crippen LogP) is 2.20. The monoisotopic (exact) mass is 245 g/mol. The van der Waals surface area contributed by atoms with Gasteiger partial charge in [0.15, 0.2) is 5.12 Å². The van der Waals surface area contributed by atoms with E-state index in [1.807, 2.05) is 0 Å². The van der Waals surface area contributed by atoms with E-state index in [0.29, 0.717) is 22.6 Å². The highest BCUT2D eigenvalue weighted by molar-refractivity contribution is 8.13. The molecule has 0 spiro atoms. The summed E-state index contributed by atoms with van der Waals surface area (Å²) in [4.78, 5) is 10.7. The summed E-state index contributed by atoms with van der Waals surface area (Å²) in [5.41, 5.74) is 1.05. The first kappa shape index (κ1) is 13.2. The molecule has 0 unspecified atom stereocenters. The van der Waals surface area contributed by atoms with Gasteiger partial charge in [0.1, 0.15) is 17.4 Å². The lowest BCUT2D eigenvalue weighted by Gasteiger charge is -2.02. The Morgan fingerprint density at radius 2 is 2.29 bits per heavy atom. The second-order valence-electron chi connectivity index (χ2n) is 3.08. The second-order valence-corrected chi connectivity index (χ2v) is 4.23. The van der Waals surface area contributed by atoms with Crippen molar-refractivity contribution >= 4 is 16.9 Å². The molecule has 4 heteroatoms. The minimum absolute atomic E-state index is 0.0328. The van der Waals surface area contributed by atoms with Gasteiger partial charge in [-0.25, -0.2) is 0 Å². The number of benzene rings is 1. The molecule has 0 bridgehead atoms. The Morgan fingerprint density at radius 1 is 1.53 bits per heavy atom. The van der Waals surface area contributed by atoms with Crippen molar-refractivity contribution in [1.82, 2.24) is 0 Å². The van der Waals surface area contributed by atoms with Crippen molar-refractivity contribution in [2.24, 2.45) is 0 Å². The molecule has 0 aliphatic rings. The van der Waals surface area contributed by atoms with Gasteiger partial charge >= 0.3 is 0 Å². The smallest absolute Gasteiger partial charge is 0.186 e. The highest BCUT2D eigenvalue weighted by Crippen LogP contribution is 2.20. The molecule has 0 N–H and O–H groups in total. The van der Waals surface area contributed by atoms with Gasteiger partial charge in [0.25, 0.3) is 0 Å². The van der Waals surface area contributed by atoms with E-state index in [2.05, 4.69) is 17.9 Å². The standard InChI is InChI=1S/C13H11NO2S/c1-10(15)17-8-4-6-11-5-3-7-13(16-2)12(11)9-14/h3,5,7H,8H2,1-2H3. The van der Waals surface area contributed by atoms with Crippen LogP contribution in [-0.4, -0.2) is 18.0 Å². The molecular weight excluding hydrogens is 234 g/mol. The van der Waals surface area contributed by atoms with Crippen molar-refractivity contribution < 1.29 is 9.53 Å². The summed E-state index contributed by atoms with van der Waals surface area (Å²) < 4.78 is 5.07. The zero-order chi connectivity index (χ0) is 12.7. The van der Waals surface area contributed by atoms with Crippen molar-refractivity contribution in [3.63, 3.8) is 0 Å². The predicted molar refractivity (Wildman–Crippen MR) is 67.7 cm³/mol. The molecule has 0 atom stereocenters. The summed E-state index contributed by atoms with van der Waals surface area (Å²) in [7, 11) is 1.51. The Bertz CT molecular complexity index is 520. The number of rotatable bonds is 2. The van der Waals surface area contributed by atoms with Gasteiger partial charge in [0.2, 0.25) is 0 Å². The maximum absolute atomic E-state index is 10.7. The first-order valence-corrected chi connectivity index (χ1v) is 5.87. The molecule has 0 aliphatic carbocycles. The van der Waals surface area contributed by atoms with Crippen molar-refractivity contribution in [3.05, 3.63) is 29.3 Å². The fraction of sp³-hybridized carbons (Fsp3) is 0.231. The number of carbonyl (C=O) groups is 1. The molecule has 3 nitrogen and oxygen atoms in total. The minimum atomic E-state index is 0.0328. The largest absolute Gasteiger partial charge is 0.495 e. The number of methoxy groups -OCH3 is 1. The van der Waals surface area contributed by atoms with Gasteiger partial charge in [-0.2, -0.15) is 5.26 Å². The van der Waals surface area contributed by atoms with E-state index < -0.39 is 0 Å². The van der Waals surface area contributed by atoms with Crippen LogP contribution in [0.2, 0.25) is 0 Å². The molecule has 0 saturated carbocycles. The Kier molecular flexibility index (Phi) is 5.13. The molecule has 1 rings (SSSR count). The zero-order valence-corrected chi connectivity index (χ0v) is 10.4. The third kappa shape index (κ3) is 3.86. The molecule has 86 valence electrons. The highest BCUT2D eigenvalue weighted by Gasteiger charge is 2.05. The van der Waals surface area contributed by atoms with E-state index in [1.54, 1.807) is 18.2 Å². The van der Waals surface area contributed by atoms with E-state index in [1.165, 1.54) is 14.0 Å². The van der Waals surface area contributed by atoms with Crippen molar-refractivity contribution in [3.8, 4) is 23.7 Å². The third-order valence-corrected chi connectivity index (χ3v) is 2.62. The summed E-state index contributed by atoms with van der Waals surface area (Å²) in [6.45, 7) is 1.50. The van der Waals surface area contributed by atoms with Gasteiger partial charge in [-0.15, -0.1) is 0 Å². The fourth-order valence-electron chi connectivity index (χ4n) is 1.19. The van der Waals surface area contributed by atoms with Gasteiger partial charge in [-0.05, 0) is 12.1 Å². The quantitative estimate of drug-likeness (QED) is 0.749. The van der Waals surface area contributed by atoms with Crippen LogP contribution in [0, 0.1) is 23.2 Å². The topological polar surface area (TPSA) is 50.1 Å². The molecule has 0 saturated heterocycles. The van der Waals surface area contributed by atoms with E-state index in [9.17, 15) is 4.79 Å². The van der Waals surface area contributed by atoms with Crippen LogP contribution in [0.25, 0.3) is 0 Å². The van der Waals surface area contributed by atoms with Crippen molar-refractivity contribution in [1.29, 1.82) is 5.26 Å². The van der Waals surface area contributed by atoms with Gasteiger partial charge in [0.05, 0.1) is 12.9 Å². The van der Waals surface area contributed by atoms with Crippen LogP contribution in [0.3, 0.4) is 0 Å². The van der Waals surface area contributed by atoms with E-state index in [0.717, 1.165) is 11.8 Å². The summed E-state index contributed by atoms with van der Waals surface area (Å²) in [5.74, 6) is 6.65. The Balaban J connectivity index is 2.91. The van der Waals surface area contributed by atoms with Crippen LogP contribution in [0.15, 0.2) is 18.2 Å². The van der Waals surface area contributed by atoms with Gasteiger partial charge < -0.3 is 4.74 Å². The summed E-state index contributed by atoms with van der Waals surface area (Å²) in [6, 6.07) is 7.32. The number of ether oxygens (including phenoxy) is 1. The molecule has 0 aromatic heterocycles. The summed E-state index contributed by atoms with van der Waals surface area (Å²) in [6.07, 6.45) is 0. The SMILES string of the molecule is COc1cccc(C#CCSC(C)=O)c1C#N. The first-order chi connectivity index (χ1) is 8.19. The van der Waals surface area contributed by atoms with Crippen LogP contribution in [-0.2, 0) is 4.79 Å². The fourth-order valence-corrected chi connectivity index (χ4v) is 1.54. The molecule has 1 aromatic carbocycles. The van der Waals surface area contributed by atoms with Crippen LogP contribution < -0.4 is 4.74 Å². The average Bonchev–Trinajstić information content (AvgIpc) is 2.33. The van der Waals surface area contributed by atoms with Crippen LogP contribution in [0.5, 0.6) is 5.75 Å². The van der Waals surface area contributed by atoms with Crippen molar-refractivity contribution in [2.75, 3.05) is 12.9 Å². The molecule has 1 aromatic rings. The minimum Gasteiger partial charge on any atom is -0.495 e. The molecule has 0 radical (unpaired) electrons. The lowest BCUT2D eigenvalue weighted by molar-refractivity contribution is -0.109. The molecule has 17 heavy (non-hydrogen) atoms. The normalized spacial score (nSPS) is 8.76. The molecule has 0 amide bonds. The number of hydrogen-bond donors (Lipinski definition) is 0. The molecule has 0 aliphatic heterocycles. The summed E-state index contributed by atoms with van der Waals surface area (Å²) in [5, 5.41) is 9.05. The Morgan fingerprint density at radius 3 is 2.88 bits per heavy atom. The maximum atomic E-state index is 10.7. The zero-order valence-electron chi connectivity index (χ0n) is 9.61. The van der Waals surface area contributed by atoms with E-state index >= 15 is 0 Å². The molecular formula is C13H11NO2S. The highest BCUT2D eigenvalue weighted by atomic mass is 32.2. The Labute approximate surface area is 105 Å². The third-order valence-electron chi connectivity index (χ3n) is 1.93. The number of nitrogens with zero attached hydrogens (tertiary/aromatic N) is 1. The van der Waals surface area contributed by atoms with E-state index in [4.69, 9.17) is 10.00 Å². The number of thioether (sulfide) groups is 1. The average molecular weight is 245 g/mol. The number of hydrogen-bond acceptors (Lipinski definition) is 4. The van der Waals surface area contributed by atoms with Gasteiger partial charge in [-0.1, -0.05) is 29.7 Å². The number of nitriles is 1. The maximum Gasteiger partial charge on any atom is 0.186 e. The number of carbonyl (C=O) groups excluding carboxylic acids is 1. The summed E-state index contributed by atoms with van der Waals surface area (Å²) >= 11 is 1.15. The van der Waals surface area contributed by atoms with Crippen LogP contribution in [0.4, 0.5) is 0 Å². The van der Waals surface area contributed by atoms with Crippen LogP contribution in [0.1, 0.15) is 18.1 Å². The van der Waals surface area contributed by atoms with Crippen LogP contribution >= 0.6 is 11.8 Å².